The average molecular weight is 210 g/mol. The number of hydrogen-bond acceptors (Lipinski definition) is 0. The summed E-state index contributed by atoms with van der Waals surface area (Å²) in [6.07, 6.45) is 18.4. The molecule has 0 unspecified atom stereocenters. The monoisotopic (exact) mass is 210 g/mol. The van der Waals surface area contributed by atoms with Gasteiger partial charge in [-0.15, -0.1) is 0 Å². The molecule has 0 amide bonds. The molecule has 1 N–H and O–H groups in total. The Kier molecular flexibility index (Phi) is 13.1. The summed E-state index contributed by atoms with van der Waals surface area (Å²) in [7, 11) is 0. The van der Waals surface area contributed by atoms with Crippen molar-refractivity contribution in [3.05, 3.63) is 12.3 Å². The lowest BCUT2D eigenvalue weighted by atomic mass is 10.1. The predicted octanol–water partition coefficient (Wildman–Crippen LogP) is 5.09. The van der Waals surface area contributed by atoms with E-state index in [0.29, 0.717) is 0 Å². The quantitative estimate of drug-likeness (QED) is 0.424. The van der Waals surface area contributed by atoms with Crippen molar-refractivity contribution in [1.82, 2.24) is 5.73 Å². The first-order valence-electron chi connectivity index (χ1n) is 6.74. The summed E-state index contributed by atoms with van der Waals surface area (Å²) in [5, 5.41) is 0. The molecular formula is C14H28N. The van der Waals surface area contributed by atoms with Crippen molar-refractivity contribution in [3.63, 3.8) is 0 Å². The molecule has 1 heteroatoms. The minimum atomic E-state index is 1.10. The van der Waals surface area contributed by atoms with Gasteiger partial charge in [-0.25, -0.2) is 0 Å². The zero-order chi connectivity index (χ0) is 11.2. The zero-order valence-corrected chi connectivity index (χ0v) is 10.4. The Morgan fingerprint density at radius 1 is 0.733 bits per heavy atom. The van der Waals surface area contributed by atoms with Gasteiger partial charge in [0.2, 0.25) is 0 Å². The Balaban J connectivity index is 2.86. The molecule has 0 rings (SSSR count). The van der Waals surface area contributed by atoms with Crippen molar-refractivity contribution in [3.8, 4) is 0 Å². The topological polar surface area (TPSA) is 23.8 Å². The fourth-order valence-corrected chi connectivity index (χ4v) is 1.83. The molecule has 15 heavy (non-hydrogen) atoms. The van der Waals surface area contributed by atoms with E-state index in [4.69, 9.17) is 5.73 Å². The van der Waals surface area contributed by atoms with Crippen molar-refractivity contribution in [2.75, 3.05) is 0 Å². The zero-order valence-electron chi connectivity index (χ0n) is 10.4. The lowest BCUT2D eigenvalue weighted by Gasteiger charge is -2.01. The van der Waals surface area contributed by atoms with E-state index in [1.165, 1.54) is 70.4 Å². The summed E-state index contributed by atoms with van der Waals surface area (Å²) in [6, 6.07) is 0. The number of hydrogen-bond donors (Lipinski definition) is 0. The summed E-state index contributed by atoms with van der Waals surface area (Å²) < 4.78 is 0. The van der Waals surface area contributed by atoms with Crippen LogP contribution in [-0.2, 0) is 0 Å². The average Bonchev–Trinajstić information content (AvgIpc) is 2.26. The predicted molar refractivity (Wildman–Crippen MR) is 68.7 cm³/mol. The standard InChI is InChI=1S/C14H28N/c1-2-3-4-5-6-7-8-9-10-11-12-13-14-15/h13-15H,2-12H2,1H3/b14-13+. The van der Waals surface area contributed by atoms with Crippen LogP contribution >= 0.6 is 0 Å². The molecule has 0 spiro atoms. The van der Waals surface area contributed by atoms with Gasteiger partial charge in [-0.3, -0.25) is 0 Å². The minimum Gasteiger partial charge on any atom is -0.309 e. The van der Waals surface area contributed by atoms with E-state index in [9.17, 15) is 0 Å². The molecule has 0 aliphatic heterocycles. The molecular weight excluding hydrogens is 182 g/mol. The van der Waals surface area contributed by atoms with Gasteiger partial charge in [0.25, 0.3) is 0 Å². The Bertz CT molecular complexity index is 129. The Labute approximate surface area is 96.1 Å². The van der Waals surface area contributed by atoms with Crippen LogP contribution in [-0.4, -0.2) is 0 Å². The molecule has 1 radical (unpaired) electrons. The molecule has 0 atom stereocenters. The molecule has 0 bridgehead atoms. The summed E-state index contributed by atoms with van der Waals surface area (Å²) in [5.41, 5.74) is 6.85. The molecule has 0 aromatic rings. The summed E-state index contributed by atoms with van der Waals surface area (Å²) in [4.78, 5) is 0. The summed E-state index contributed by atoms with van der Waals surface area (Å²) in [6.45, 7) is 2.27. The van der Waals surface area contributed by atoms with Gasteiger partial charge in [-0.2, -0.15) is 0 Å². The van der Waals surface area contributed by atoms with Crippen LogP contribution in [0.2, 0.25) is 0 Å². The van der Waals surface area contributed by atoms with E-state index < -0.39 is 0 Å². The van der Waals surface area contributed by atoms with Crippen LogP contribution in [0.25, 0.3) is 0 Å². The first kappa shape index (κ1) is 14.5. The largest absolute Gasteiger partial charge is 0.309 e. The second-order valence-corrected chi connectivity index (χ2v) is 4.37. The van der Waals surface area contributed by atoms with Gasteiger partial charge >= 0.3 is 0 Å². The molecule has 0 aromatic carbocycles. The second kappa shape index (κ2) is 13.5. The maximum atomic E-state index is 6.85. The fraction of sp³-hybridized carbons (Fsp3) is 0.857. The number of unbranched alkanes of at least 4 members (excludes halogenated alkanes) is 10. The van der Waals surface area contributed by atoms with E-state index in [-0.39, 0.29) is 0 Å². The molecule has 0 aliphatic carbocycles. The van der Waals surface area contributed by atoms with Crippen LogP contribution in [0.4, 0.5) is 0 Å². The van der Waals surface area contributed by atoms with E-state index in [1.54, 1.807) is 0 Å². The first-order chi connectivity index (χ1) is 7.41. The molecule has 0 aromatic heterocycles. The SMILES string of the molecule is CCCCCCCCCCCC/C=C/[NH]. The van der Waals surface area contributed by atoms with Crippen LogP contribution in [0, 0.1) is 0 Å². The number of nitrogens with one attached hydrogen (secondary N) is 1. The van der Waals surface area contributed by atoms with Crippen LogP contribution in [0.1, 0.15) is 77.6 Å². The third kappa shape index (κ3) is 13.5. The summed E-state index contributed by atoms with van der Waals surface area (Å²) in [5.74, 6) is 0. The van der Waals surface area contributed by atoms with Crippen molar-refractivity contribution < 1.29 is 0 Å². The highest BCUT2D eigenvalue weighted by atomic mass is 14.5. The van der Waals surface area contributed by atoms with Gasteiger partial charge in [0.05, 0.1) is 0 Å². The smallest absolute Gasteiger partial charge is 0.0137 e. The maximum Gasteiger partial charge on any atom is 0.0137 e. The normalized spacial score (nSPS) is 11.3. The van der Waals surface area contributed by atoms with Crippen LogP contribution in [0.3, 0.4) is 0 Å². The molecule has 0 saturated heterocycles. The molecule has 1 nitrogen and oxygen atoms in total. The third-order valence-corrected chi connectivity index (χ3v) is 2.84. The van der Waals surface area contributed by atoms with Gasteiger partial charge in [0.15, 0.2) is 0 Å². The Morgan fingerprint density at radius 2 is 1.20 bits per heavy atom. The van der Waals surface area contributed by atoms with Crippen LogP contribution in [0.5, 0.6) is 0 Å². The van der Waals surface area contributed by atoms with Crippen LogP contribution in [0.15, 0.2) is 12.3 Å². The highest BCUT2D eigenvalue weighted by molar-refractivity contribution is 4.74. The van der Waals surface area contributed by atoms with Gasteiger partial charge in [-0.05, 0) is 12.8 Å². The molecule has 89 valence electrons. The number of rotatable bonds is 11. The molecule has 0 heterocycles. The van der Waals surface area contributed by atoms with E-state index in [0.717, 1.165) is 6.42 Å². The molecule has 0 aliphatic rings. The third-order valence-electron chi connectivity index (χ3n) is 2.84. The van der Waals surface area contributed by atoms with Crippen molar-refractivity contribution in [2.24, 2.45) is 0 Å². The van der Waals surface area contributed by atoms with Gasteiger partial charge in [-0.1, -0.05) is 70.8 Å². The minimum absolute atomic E-state index is 1.10. The summed E-state index contributed by atoms with van der Waals surface area (Å²) >= 11 is 0. The lowest BCUT2D eigenvalue weighted by Crippen LogP contribution is -1.81. The molecule has 0 fully saturated rings. The Hall–Kier alpha value is -0.460. The van der Waals surface area contributed by atoms with Gasteiger partial charge in [0, 0.05) is 6.20 Å². The van der Waals surface area contributed by atoms with E-state index >= 15 is 0 Å². The Morgan fingerprint density at radius 3 is 1.67 bits per heavy atom. The lowest BCUT2D eigenvalue weighted by molar-refractivity contribution is 0.557. The van der Waals surface area contributed by atoms with Crippen molar-refractivity contribution in [2.45, 2.75) is 77.6 Å². The maximum absolute atomic E-state index is 6.85. The van der Waals surface area contributed by atoms with Gasteiger partial charge < -0.3 is 5.73 Å². The fourth-order valence-electron chi connectivity index (χ4n) is 1.83. The van der Waals surface area contributed by atoms with Crippen molar-refractivity contribution >= 4 is 0 Å². The first-order valence-corrected chi connectivity index (χ1v) is 6.74. The van der Waals surface area contributed by atoms with E-state index in [2.05, 4.69) is 6.92 Å². The number of allylic oxidation sites excluding steroid dienone is 1. The molecule has 0 saturated carbocycles. The van der Waals surface area contributed by atoms with E-state index in [1.807, 2.05) is 6.08 Å². The van der Waals surface area contributed by atoms with Crippen LogP contribution < -0.4 is 5.73 Å². The highest BCUT2D eigenvalue weighted by Gasteiger charge is 1.91. The second-order valence-electron chi connectivity index (χ2n) is 4.37. The van der Waals surface area contributed by atoms with Crippen molar-refractivity contribution in [1.29, 1.82) is 0 Å². The van der Waals surface area contributed by atoms with Gasteiger partial charge in [0.1, 0.15) is 0 Å². The highest BCUT2D eigenvalue weighted by Crippen LogP contribution is 2.11.